The van der Waals surface area contributed by atoms with Gasteiger partial charge in [-0.2, -0.15) is 0 Å². The van der Waals surface area contributed by atoms with Crippen molar-refractivity contribution in [2.45, 2.75) is 31.8 Å². The molecule has 0 N–H and O–H groups in total. The monoisotopic (exact) mass is 304 g/mol. The van der Waals surface area contributed by atoms with E-state index in [0.717, 1.165) is 0 Å². The molecule has 2 saturated heterocycles. The van der Waals surface area contributed by atoms with Crippen molar-refractivity contribution < 1.29 is 38.0 Å². The second-order valence-electron chi connectivity index (χ2n) is 4.54. The van der Waals surface area contributed by atoms with Gasteiger partial charge in [-0.3, -0.25) is 9.59 Å². The molecule has 0 aromatic heterocycles. The van der Waals surface area contributed by atoms with Crippen molar-refractivity contribution in [3.05, 3.63) is 0 Å². The Balaban J connectivity index is 1.47. The van der Waals surface area contributed by atoms with Crippen LogP contribution in [0.1, 0.15) is 19.3 Å². The third-order valence-electron chi connectivity index (χ3n) is 2.90. The van der Waals surface area contributed by atoms with Crippen molar-refractivity contribution in [1.82, 2.24) is 0 Å². The SMILES string of the molecule is O=C(CC(=O)OCCC1OCCO1)OCCC1OCCO1. The summed E-state index contributed by atoms with van der Waals surface area (Å²) in [5, 5.41) is 0. The maximum absolute atomic E-state index is 11.4. The predicted octanol–water partition coefficient (Wildman–Crippen LogP) is -0.0111. The van der Waals surface area contributed by atoms with Gasteiger partial charge in [0.15, 0.2) is 12.6 Å². The molecule has 2 heterocycles. The summed E-state index contributed by atoms with van der Waals surface area (Å²) in [6.45, 7) is 2.53. The van der Waals surface area contributed by atoms with Gasteiger partial charge < -0.3 is 28.4 Å². The molecule has 2 aliphatic heterocycles. The first-order chi connectivity index (χ1) is 10.2. The second kappa shape index (κ2) is 8.93. The lowest BCUT2D eigenvalue weighted by Crippen LogP contribution is -2.19. The van der Waals surface area contributed by atoms with Crippen LogP contribution in [0.2, 0.25) is 0 Å². The molecule has 0 unspecified atom stereocenters. The summed E-state index contributed by atoms with van der Waals surface area (Å²) in [4.78, 5) is 22.8. The van der Waals surface area contributed by atoms with Gasteiger partial charge in [0.2, 0.25) is 0 Å². The van der Waals surface area contributed by atoms with Crippen molar-refractivity contribution >= 4 is 11.9 Å². The molecule has 0 bridgehead atoms. The minimum atomic E-state index is -0.619. The lowest BCUT2D eigenvalue weighted by atomic mass is 10.4. The predicted molar refractivity (Wildman–Crippen MR) is 67.2 cm³/mol. The maximum Gasteiger partial charge on any atom is 0.317 e. The number of carbonyl (C=O) groups excluding carboxylic acids is 2. The molecular weight excluding hydrogens is 284 g/mol. The van der Waals surface area contributed by atoms with E-state index in [4.69, 9.17) is 28.4 Å². The Morgan fingerprint density at radius 2 is 1.14 bits per heavy atom. The van der Waals surface area contributed by atoms with E-state index in [0.29, 0.717) is 39.3 Å². The minimum Gasteiger partial charge on any atom is -0.465 e. The molecule has 0 aromatic carbocycles. The fourth-order valence-electron chi connectivity index (χ4n) is 1.91. The summed E-state index contributed by atoms with van der Waals surface area (Å²) in [5.74, 6) is -1.24. The van der Waals surface area contributed by atoms with Gasteiger partial charge in [-0.25, -0.2) is 0 Å². The Morgan fingerprint density at radius 1 is 0.762 bits per heavy atom. The summed E-state index contributed by atoms with van der Waals surface area (Å²) in [6.07, 6.45) is -0.139. The fraction of sp³-hybridized carbons (Fsp3) is 0.846. The van der Waals surface area contributed by atoms with Crippen LogP contribution >= 0.6 is 0 Å². The first-order valence-corrected chi connectivity index (χ1v) is 7.01. The quantitative estimate of drug-likeness (QED) is 0.457. The molecule has 2 fully saturated rings. The Morgan fingerprint density at radius 3 is 1.52 bits per heavy atom. The Hall–Kier alpha value is -1.22. The molecule has 0 saturated carbocycles. The van der Waals surface area contributed by atoms with E-state index < -0.39 is 18.4 Å². The average Bonchev–Trinajstić information content (AvgIpc) is 3.11. The van der Waals surface area contributed by atoms with E-state index in [2.05, 4.69) is 0 Å². The van der Waals surface area contributed by atoms with Crippen LogP contribution in [-0.2, 0) is 38.0 Å². The highest BCUT2D eigenvalue weighted by Gasteiger charge is 2.19. The smallest absolute Gasteiger partial charge is 0.317 e. The Bertz CT molecular complexity index is 301. The van der Waals surface area contributed by atoms with Gasteiger partial charge in [-0.1, -0.05) is 0 Å². The number of rotatable bonds is 8. The van der Waals surface area contributed by atoms with Gasteiger partial charge in [-0.05, 0) is 0 Å². The Kier molecular flexibility index (Phi) is 6.87. The first kappa shape index (κ1) is 16.2. The van der Waals surface area contributed by atoms with Crippen LogP contribution in [0.15, 0.2) is 0 Å². The van der Waals surface area contributed by atoms with Gasteiger partial charge in [-0.15, -0.1) is 0 Å². The van der Waals surface area contributed by atoms with Gasteiger partial charge in [0.1, 0.15) is 6.42 Å². The lowest BCUT2D eigenvalue weighted by Gasteiger charge is -2.10. The van der Waals surface area contributed by atoms with E-state index in [1.54, 1.807) is 0 Å². The van der Waals surface area contributed by atoms with Gasteiger partial charge in [0, 0.05) is 12.8 Å². The first-order valence-electron chi connectivity index (χ1n) is 7.01. The summed E-state index contributed by atoms with van der Waals surface area (Å²) in [5.41, 5.74) is 0. The van der Waals surface area contributed by atoms with Crippen LogP contribution in [0.5, 0.6) is 0 Å². The lowest BCUT2D eigenvalue weighted by molar-refractivity contribution is -0.156. The van der Waals surface area contributed by atoms with Crippen molar-refractivity contribution in [3.63, 3.8) is 0 Å². The topological polar surface area (TPSA) is 89.5 Å². The second-order valence-corrected chi connectivity index (χ2v) is 4.54. The molecular formula is C13H20O8. The van der Waals surface area contributed by atoms with Crippen molar-refractivity contribution in [3.8, 4) is 0 Å². The molecule has 0 aromatic rings. The van der Waals surface area contributed by atoms with E-state index in [-0.39, 0.29) is 25.8 Å². The third-order valence-corrected chi connectivity index (χ3v) is 2.90. The number of carbonyl (C=O) groups is 2. The molecule has 2 aliphatic rings. The fourth-order valence-corrected chi connectivity index (χ4v) is 1.91. The van der Waals surface area contributed by atoms with Gasteiger partial charge >= 0.3 is 11.9 Å². The summed E-state index contributed by atoms with van der Waals surface area (Å²) >= 11 is 0. The molecule has 2 rings (SSSR count). The summed E-state index contributed by atoms with van der Waals surface area (Å²) < 4.78 is 30.6. The van der Waals surface area contributed by atoms with Crippen LogP contribution in [0.3, 0.4) is 0 Å². The van der Waals surface area contributed by atoms with E-state index in [1.165, 1.54) is 0 Å². The van der Waals surface area contributed by atoms with E-state index >= 15 is 0 Å². The van der Waals surface area contributed by atoms with E-state index in [9.17, 15) is 9.59 Å². The number of hydrogen-bond donors (Lipinski definition) is 0. The third kappa shape index (κ3) is 6.38. The molecule has 0 amide bonds. The number of ether oxygens (including phenoxy) is 6. The maximum atomic E-state index is 11.4. The molecule has 21 heavy (non-hydrogen) atoms. The zero-order chi connectivity index (χ0) is 14.9. The van der Waals surface area contributed by atoms with Crippen LogP contribution in [0.4, 0.5) is 0 Å². The van der Waals surface area contributed by atoms with E-state index in [1.807, 2.05) is 0 Å². The molecule has 0 atom stereocenters. The largest absolute Gasteiger partial charge is 0.465 e. The van der Waals surface area contributed by atoms with Crippen LogP contribution in [-0.4, -0.2) is 64.2 Å². The highest BCUT2D eigenvalue weighted by atomic mass is 16.7. The normalized spacial score (nSPS) is 19.8. The van der Waals surface area contributed by atoms with Crippen LogP contribution < -0.4 is 0 Å². The molecule has 0 radical (unpaired) electrons. The van der Waals surface area contributed by atoms with Crippen molar-refractivity contribution in [2.24, 2.45) is 0 Å². The molecule has 0 aliphatic carbocycles. The standard InChI is InChI=1S/C13H20O8/c14-10(16-3-1-12-18-5-6-19-12)9-11(15)17-4-2-13-20-7-8-21-13/h12-13H,1-9H2. The van der Waals surface area contributed by atoms with Gasteiger partial charge in [0.25, 0.3) is 0 Å². The number of hydrogen-bond acceptors (Lipinski definition) is 8. The summed E-state index contributed by atoms with van der Waals surface area (Å²) in [6, 6.07) is 0. The average molecular weight is 304 g/mol. The highest BCUT2D eigenvalue weighted by molar-refractivity contribution is 5.91. The zero-order valence-electron chi connectivity index (χ0n) is 11.8. The van der Waals surface area contributed by atoms with Crippen LogP contribution in [0.25, 0.3) is 0 Å². The molecule has 8 nitrogen and oxygen atoms in total. The van der Waals surface area contributed by atoms with Gasteiger partial charge in [0.05, 0.1) is 39.6 Å². The number of esters is 2. The van der Waals surface area contributed by atoms with Crippen LogP contribution in [0, 0.1) is 0 Å². The van der Waals surface area contributed by atoms with Crippen molar-refractivity contribution in [2.75, 3.05) is 39.6 Å². The van der Waals surface area contributed by atoms with Crippen molar-refractivity contribution in [1.29, 1.82) is 0 Å². The Labute approximate surface area is 122 Å². The minimum absolute atomic E-state index is 0.153. The highest BCUT2D eigenvalue weighted by Crippen LogP contribution is 2.09. The molecule has 0 spiro atoms. The molecule has 120 valence electrons. The molecule has 8 heteroatoms. The zero-order valence-corrected chi connectivity index (χ0v) is 11.8. The summed E-state index contributed by atoms with van der Waals surface area (Å²) in [7, 11) is 0.